The number of rotatable bonds is 14. The Hall–Kier alpha value is -7.57. The number of aromatic nitrogens is 5. The number of carbonyl (C=O) groups is 5. The van der Waals surface area contributed by atoms with Crippen LogP contribution in [0.15, 0.2) is 85.1 Å². The van der Waals surface area contributed by atoms with E-state index in [0.29, 0.717) is 77.7 Å². The number of piperidine rings is 2. The second kappa shape index (κ2) is 20.0. The average molecular weight is 975 g/mol. The van der Waals surface area contributed by atoms with E-state index in [2.05, 4.69) is 47.8 Å². The first-order chi connectivity index (χ1) is 34.3. The zero-order valence-electron chi connectivity index (χ0n) is 39.7. The number of carbonyl (C=O) groups excluding carboxylic acids is 4. The van der Waals surface area contributed by atoms with Gasteiger partial charge in [-0.25, -0.2) is 14.8 Å². The number of hydrogen-bond donors (Lipinski definition) is 4. The van der Waals surface area contributed by atoms with E-state index in [-0.39, 0.29) is 41.8 Å². The highest BCUT2D eigenvalue weighted by Crippen LogP contribution is 2.35. The number of nitrogens with one attached hydrogen (secondary N) is 3. The van der Waals surface area contributed by atoms with Crippen molar-refractivity contribution in [2.45, 2.75) is 77.4 Å². The number of aryl methyl sites for hydroxylation is 2. The van der Waals surface area contributed by atoms with Crippen molar-refractivity contribution < 1.29 is 33.8 Å². The lowest BCUT2D eigenvalue weighted by atomic mass is 9.91. The van der Waals surface area contributed by atoms with Crippen molar-refractivity contribution in [3.8, 4) is 16.9 Å². The number of nitrogens with zero attached hydrogens (tertiary/aromatic N) is 7. The van der Waals surface area contributed by atoms with Crippen molar-refractivity contribution in [3.05, 3.63) is 119 Å². The molecular weight excluding hydrogens is 921 g/mol. The number of hydrogen-bond acceptors (Lipinski definition) is 13. The molecule has 0 spiro atoms. The molecule has 364 valence electrons. The van der Waals surface area contributed by atoms with Crippen LogP contribution in [-0.4, -0.2) is 96.6 Å². The number of fused-ring (bicyclic) bond motifs is 3. The normalized spacial score (nSPS) is 16.9. The summed E-state index contributed by atoms with van der Waals surface area (Å²) in [7, 11) is 1.81. The summed E-state index contributed by atoms with van der Waals surface area (Å²) in [6.07, 6.45) is 6.78. The number of pyridine rings is 2. The Kier molecular flexibility index (Phi) is 13.3. The number of likely N-dealkylation sites (tertiary alicyclic amines) is 1. The van der Waals surface area contributed by atoms with Gasteiger partial charge in [0.15, 0.2) is 10.8 Å². The minimum absolute atomic E-state index is 0.0413. The Morgan fingerprint density at radius 3 is 2.52 bits per heavy atom. The molecule has 71 heavy (non-hydrogen) atoms. The minimum Gasteiger partial charge on any atom is -0.491 e. The third-order valence-corrected chi connectivity index (χ3v) is 14.9. The third kappa shape index (κ3) is 10.2. The Morgan fingerprint density at radius 1 is 0.915 bits per heavy atom. The van der Waals surface area contributed by atoms with Gasteiger partial charge in [0.1, 0.15) is 17.3 Å². The molecule has 0 saturated carbocycles. The fourth-order valence-corrected chi connectivity index (χ4v) is 11.0. The van der Waals surface area contributed by atoms with Crippen molar-refractivity contribution >= 4 is 78.7 Å². The monoisotopic (exact) mass is 974 g/mol. The molecule has 3 aliphatic rings. The van der Waals surface area contributed by atoms with E-state index >= 15 is 0 Å². The van der Waals surface area contributed by atoms with Gasteiger partial charge in [0.25, 0.3) is 5.91 Å². The van der Waals surface area contributed by atoms with Crippen LogP contribution < -0.4 is 25.6 Å². The number of carboxylic acids is 1. The molecular formula is C53H54N10O7S. The summed E-state index contributed by atoms with van der Waals surface area (Å²) in [5.74, 6) is -0.932. The first kappa shape index (κ1) is 47.1. The van der Waals surface area contributed by atoms with Crippen LogP contribution in [0.1, 0.15) is 94.7 Å². The highest BCUT2D eigenvalue weighted by atomic mass is 32.1. The van der Waals surface area contributed by atoms with Gasteiger partial charge in [-0.1, -0.05) is 29.5 Å². The molecule has 2 saturated heterocycles. The number of imide groups is 1. The van der Waals surface area contributed by atoms with Gasteiger partial charge in [0.2, 0.25) is 17.7 Å². The van der Waals surface area contributed by atoms with E-state index in [9.17, 15) is 29.1 Å². The second-order valence-electron chi connectivity index (χ2n) is 18.8. The molecule has 0 aliphatic carbocycles. The summed E-state index contributed by atoms with van der Waals surface area (Å²) >= 11 is 1.40. The third-order valence-electron chi connectivity index (χ3n) is 13.9. The standard InChI is InChI=1S/C53H54N10O7S/c1-30-26-35(70-31(2)8-9-32-19-23-62(24-20-32)29-46(65)55-34-10-12-38-42(27-34)61(3)60-47(38)39-15-17-45(64)58-50(39)66)11-13-36(30)37-14-16-44(57-49(37)52(68)69)63-25-21-33-18-22-54-48(40(33)28-63)51(67)59-53-56-41-6-4-5-7-43(41)71-53/h4-7,10-14,16,18,22,26-27,31-32,39H,8-9,15,17,19-21,23-25,28-29H2,1-3H3,(H,55,65)(H,68,69)(H,56,59,67)(H,58,64,66)/t31-,39+/m0/s1. The molecule has 17 nitrogen and oxygen atoms in total. The lowest BCUT2D eigenvalue weighted by molar-refractivity contribution is -0.134. The number of para-hydroxylation sites is 1. The first-order valence-corrected chi connectivity index (χ1v) is 24.9. The Balaban J connectivity index is 0.704. The van der Waals surface area contributed by atoms with Crippen LogP contribution >= 0.6 is 11.3 Å². The fraction of sp³-hybridized carbons (Fsp3) is 0.340. The molecule has 0 radical (unpaired) electrons. The second-order valence-corrected chi connectivity index (χ2v) is 19.8. The van der Waals surface area contributed by atoms with E-state index in [1.54, 1.807) is 24.0 Å². The molecule has 2 fully saturated rings. The number of ether oxygens (including phenoxy) is 1. The smallest absolute Gasteiger partial charge is 0.355 e. The van der Waals surface area contributed by atoms with Gasteiger partial charge in [-0.3, -0.25) is 44.4 Å². The van der Waals surface area contributed by atoms with Crippen LogP contribution in [0.4, 0.5) is 16.6 Å². The lowest BCUT2D eigenvalue weighted by Gasteiger charge is -2.32. The van der Waals surface area contributed by atoms with E-state index in [4.69, 9.17) is 4.74 Å². The number of anilines is 3. The Labute approximate surface area is 413 Å². The number of carboxylic acid groups (broad SMARTS) is 1. The maximum absolute atomic E-state index is 13.6. The van der Waals surface area contributed by atoms with Crippen LogP contribution in [0.2, 0.25) is 0 Å². The minimum atomic E-state index is -1.14. The van der Waals surface area contributed by atoms with Gasteiger partial charge in [-0.2, -0.15) is 5.10 Å². The molecule has 4 N–H and O–H groups in total. The zero-order valence-corrected chi connectivity index (χ0v) is 40.6. The van der Waals surface area contributed by atoms with Crippen LogP contribution in [0.5, 0.6) is 5.75 Å². The summed E-state index contributed by atoms with van der Waals surface area (Å²) in [6, 6.07) is 24.6. The van der Waals surface area contributed by atoms with Crippen molar-refractivity contribution in [1.29, 1.82) is 0 Å². The molecule has 7 heterocycles. The topological polar surface area (TPSA) is 214 Å². The number of aromatic carboxylic acids is 1. The summed E-state index contributed by atoms with van der Waals surface area (Å²) < 4.78 is 9.06. The van der Waals surface area contributed by atoms with Gasteiger partial charge in [-0.05, 0) is 149 Å². The maximum atomic E-state index is 13.6. The van der Waals surface area contributed by atoms with Crippen LogP contribution in [0.3, 0.4) is 0 Å². The highest BCUT2D eigenvalue weighted by Gasteiger charge is 2.32. The van der Waals surface area contributed by atoms with E-state index in [1.807, 2.05) is 84.6 Å². The van der Waals surface area contributed by atoms with E-state index < -0.39 is 11.9 Å². The first-order valence-electron chi connectivity index (χ1n) is 24.1. The lowest BCUT2D eigenvalue weighted by Crippen LogP contribution is -2.39. The van der Waals surface area contributed by atoms with Gasteiger partial charge < -0.3 is 20.1 Å². The van der Waals surface area contributed by atoms with Crippen molar-refractivity contribution in [2.75, 3.05) is 41.7 Å². The van der Waals surface area contributed by atoms with Gasteiger partial charge in [0, 0.05) is 55.0 Å². The molecule has 2 atom stereocenters. The summed E-state index contributed by atoms with van der Waals surface area (Å²) in [5.41, 5.74) is 7.04. The predicted octanol–water partition coefficient (Wildman–Crippen LogP) is 7.88. The molecule has 4 amide bonds. The Morgan fingerprint density at radius 2 is 1.73 bits per heavy atom. The fourth-order valence-electron chi connectivity index (χ4n) is 10.1. The van der Waals surface area contributed by atoms with Gasteiger partial charge >= 0.3 is 5.97 Å². The molecule has 0 unspecified atom stereocenters. The molecule has 7 aromatic rings. The number of benzene rings is 3. The zero-order chi connectivity index (χ0) is 49.3. The average Bonchev–Trinajstić information content (AvgIpc) is 3.92. The van der Waals surface area contributed by atoms with Crippen molar-refractivity contribution in [1.82, 2.24) is 34.9 Å². The maximum Gasteiger partial charge on any atom is 0.355 e. The quantitative estimate of drug-likeness (QED) is 0.0765. The summed E-state index contributed by atoms with van der Waals surface area (Å²) in [5, 5.41) is 24.7. The van der Waals surface area contributed by atoms with Crippen LogP contribution in [0.25, 0.3) is 32.2 Å². The van der Waals surface area contributed by atoms with Crippen molar-refractivity contribution in [2.24, 2.45) is 13.0 Å². The molecule has 10 rings (SSSR count). The van der Waals surface area contributed by atoms with E-state index in [1.165, 1.54) is 11.3 Å². The largest absolute Gasteiger partial charge is 0.491 e. The SMILES string of the molecule is Cc1cc(O[C@@H](C)CCC2CCN(CC(=O)Nc3ccc4c([C@H]5CCC(=O)NC5=O)nn(C)c4c3)CC2)ccc1-c1ccc(N2CCc3ccnc(C(=O)Nc4nc5ccccc5s4)c3C2)nc1C(=O)O. The Bertz CT molecular complexity index is 3200. The van der Waals surface area contributed by atoms with Crippen LogP contribution in [0, 0.1) is 12.8 Å². The predicted molar refractivity (Wildman–Crippen MR) is 271 cm³/mol. The summed E-state index contributed by atoms with van der Waals surface area (Å²) in [4.78, 5) is 81.5. The molecule has 3 aliphatic heterocycles. The molecule has 4 aromatic heterocycles. The van der Waals surface area contributed by atoms with Gasteiger partial charge in [-0.15, -0.1) is 0 Å². The number of amides is 4. The van der Waals surface area contributed by atoms with Crippen molar-refractivity contribution in [3.63, 3.8) is 0 Å². The van der Waals surface area contributed by atoms with Gasteiger partial charge in [0.05, 0.1) is 40.0 Å². The molecule has 18 heteroatoms. The number of thiazole rings is 1. The summed E-state index contributed by atoms with van der Waals surface area (Å²) in [6.45, 7) is 6.89. The van der Waals surface area contributed by atoms with E-state index in [0.717, 1.165) is 82.1 Å². The van der Waals surface area contributed by atoms with Crippen LogP contribution in [-0.2, 0) is 34.4 Å². The molecule has 0 bridgehead atoms. The highest BCUT2D eigenvalue weighted by molar-refractivity contribution is 7.22. The molecule has 3 aromatic carbocycles.